The molecule has 0 atom stereocenters. The summed E-state index contributed by atoms with van der Waals surface area (Å²) in [5.74, 6) is 0.725. The summed E-state index contributed by atoms with van der Waals surface area (Å²) in [6.07, 6.45) is 2.21. The maximum atomic E-state index is 13.0. The van der Waals surface area contributed by atoms with Crippen LogP contribution < -0.4 is 4.74 Å². The van der Waals surface area contributed by atoms with Gasteiger partial charge >= 0.3 is 0 Å². The molecular weight excluding hydrogens is 402 g/mol. The van der Waals surface area contributed by atoms with E-state index >= 15 is 0 Å². The summed E-state index contributed by atoms with van der Waals surface area (Å²) < 4.78 is 7.60. The molecule has 1 aliphatic rings. The van der Waals surface area contributed by atoms with Crippen LogP contribution in [0.2, 0.25) is 0 Å². The number of aryl methyl sites for hydroxylation is 1. The maximum absolute atomic E-state index is 13.0. The summed E-state index contributed by atoms with van der Waals surface area (Å²) in [5, 5.41) is 8.56. The Morgan fingerprint density at radius 1 is 1.06 bits per heavy atom. The molecule has 5 rings (SSSR count). The number of carbonyl (C=O) groups is 1. The molecule has 4 aromatic rings. The fourth-order valence-electron chi connectivity index (χ4n) is 4.50. The molecular formula is C25H27N5O2. The largest absolute Gasteiger partial charge is 0.496 e. The molecule has 1 N–H and O–H groups in total. The van der Waals surface area contributed by atoms with Crippen LogP contribution in [0.4, 0.5) is 0 Å². The highest BCUT2D eigenvalue weighted by molar-refractivity contribution is 5.93. The molecule has 0 aliphatic carbocycles. The van der Waals surface area contributed by atoms with E-state index in [0.29, 0.717) is 24.5 Å². The molecule has 2 aromatic carbocycles. The Kier molecular flexibility index (Phi) is 5.41. The number of piperazine rings is 1. The van der Waals surface area contributed by atoms with Crippen molar-refractivity contribution in [2.45, 2.75) is 6.54 Å². The minimum Gasteiger partial charge on any atom is -0.496 e. The van der Waals surface area contributed by atoms with Gasteiger partial charge in [0, 0.05) is 62.4 Å². The van der Waals surface area contributed by atoms with E-state index in [-0.39, 0.29) is 5.91 Å². The number of nitrogens with zero attached hydrogens (tertiary/aromatic N) is 4. The predicted octanol–water partition coefficient (Wildman–Crippen LogP) is 3.54. The number of benzene rings is 2. The van der Waals surface area contributed by atoms with E-state index in [1.807, 2.05) is 35.2 Å². The van der Waals surface area contributed by atoms with Crippen molar-refractivity contribution in [3.05, 3.63) is 72.1 Å². The van der Waals surface area contributed by atoms with E-state index in [9.17, 15) is 4.79 Å². The average Bonchev–Trinajstić information content (AvgIpc) is 3.45. The lowest BCUT2D eigenvalue weighted by molar-refractivity contribution is 0.0623. The Balaban J connectivity index is 1.24. The average molecular weight is 430 g/mol. The van der Waals surface area contributed by atoms with Gasteiger partial charge in [-0.25, -0.2) is 0 Å². The van der Waals surface area contributed by atoms with Crippen molar-refractivity contribution in [2.24, 2.45) is 7.05 Å². The zero-order chi connectivity index (χ0) is 22.1. The van der Waals surface area contributed by atoms with Gasteiger partial charge in [0.05, 0.1) is 12.8 Å². The summed E-state index contributed by atoms with van der Waals surface area (Å²) in [6, 6.07) is 18.0. The Hall–Kier alpha value is -3.58. The van der Waals surface area contributed by atoms with Crippen LogP contribution >= 0.6 is 0 Å². The normalized spacial score (nSPS) is 14.8. The molecule has 2 aromatic heterocycles. The number of methoxy groups -OCH3 is 1. The van der Waals surface area contributed by atoms with Gasteiger partial charge < -0.3 is 14.2 Å². The minimum atomic E-state index is -0.0107. The van der Waals surface area contributed by atoms with Gasteiger partial charge in [0.1, 0.15) is 11.4 Å². The number of para-hydroxylation sites is 2. The molecule has 3 heterocycles. The molecule has 0 bridgehead atoms. The molecule has 32 heavy (non-hydrogen) atoms. The summed E-state index contributed by atoms with van der Waals surface area (Å²) >= 11 is 0. The monoisotopic (exact) mass is 429 g/mol. The molecule has 0 unspecified atom stereocenters. The van der Waals surface area contributed by atoms with Crippen molar-refractivity contribution < 1.29 is 9.53 Å². The summed E-state index contributed by atoms with van der Waals surface area (Å²) in [6.45, 7) is 4.00. The second kappa shape index (κ2) is 8.51. The third kappa shape index (κ3) is 3.76. The number of aromatic nitrogens is 3. The molecule has 1 aliphatic heterocycles. The van der Waals surface area contributed by atoms with Crippen LogP contribution in [0.25, 0.3) is 22.2 Å². The Morgan fingerprint density at radius 2 is 1.81 bits per heavy atom. The number of ether oxygens (including phenoxy) is 1. The SMILES string of the molecule is COc1ccccc1-c1cc(C(=O)N2CCN(Cc3cn(C)c4ccccc34)CC2)[nH]n1. The highest BCUT2D eigenvalue weighted by atomic mass is 16.5. The lowest BCUT2D eigenvalue weighted by atomic mass is 10.1. The molecule has 7 nitrogen and oxygen atoms in total. The molecule has 1 saturated heterocycles. The number of aromatic amines is 1. The zero-order valence-electron chi connectivity index (χ0n) is 18.4. The van der Waals surface area contributed by atoms with Crippen LogP contribution in [0.5, 0.6) is 5.75 Å². The third-order valence-corrected chi connectivity index (χ3v) is 6.22. The van der Waals surface area contributed by atoms with Gasteiger partial charge in [-0.2, -0.15) is 5.10 Å². The summed E-state index contributed by atoms with van der Waals surface area (Å²) in [4.78, 5) is 17.4. The fourth-order valence-corrected chi connectivity index (χ4v) is 4.50. The molecule has 1 fully saturated rings. The van der Waals surface area contributed by atoms with Crippen LogP contribution in [0.1, 0.15) is 16.1 Å². The Bertz CT molecular complexity index is 1250. The van der Waals surface area contributed by atoms with Gasteiger partial charge in [0.15, 0.2) is 0 Å². The first-order valence-corrected chi connectivity index (χ1v) is 10.9. The van der Waals surface area contributed by atoms with Gasteiger partial charge in [-0.1, -0.05) is 30.3 Å². The van der Waals surface area contributed by atoms with Gasteiger partial charge in [0.2, 0.25) is 0 Å². The molecule has 0 saturated carbocycles. The van der Waals surface area contributed by atoms with Crippen molar-refractivity contribution in [1.29, 1.82) is 0 Å². The topological polar surface area (TPSA) is 66.4 Å². The van der Waals surface area contributed by atoms with E-state index in [1.165, 1.54) is 16.5 Å². The van der Waals surface area contributed by atoms with Crippen molar-refractivity contribution in [1.82, 2.24) is 24.6 Å². The Labute approximate surface area is 187 Å². The van der Waals surface area contributed by atoms with Crippen molar-refractivity contribution in [3.8, 4) is 17.0 Å². The summed E-state index contributed by atoms with van der Waals surface area (Å²) in [7, 11) is 3.72. The van der Waals surface area contributed by atoms with Crippen molar-refractivity contribution >= 4 is 16.8 Å². The smallest absolute Gasteiger partial charge is 0.271 e. The van der Waals surface area contributed by atoms with Crippen LogP contribution in [-0.2, 0) is 13.6 Å². The van der Waals surface area contributed by atoms with E-state index in [0.717, 1.165) is 30.9 Å². The van der Waals surface area contributed by atoms with Crippen molar-refractivity contribution in [3.63, 3.8) is 0 Å². The number of carbonyl (C=O) groups excluding carboxylic acids is 1. The fraction of sp³-hybridized carbons (Fsp3) is 0.280. The number of nitrogens with one attached hydrogen (secondary N) is 1. The molecule has 0 spiro atoms. The maximum Gasteiger partial charge on any atom is 0.271 e. The van der Waals surface area contributed by atoms with E-state index in [4.69, 9.17) is 4.74 Å². The van der Waals surface area contributed by atoms with Gasteiger partial charge in [-0.05, 0) is 29.8 Å². The first-order chi connectivity index (χ1) is 15.6. The first-order valence-electron chi connectivity index (χ1n) is 10.9. The number of hydrogen-bond acceptors (Lipinski definition) is 4. The second-order valence-electron chi connectivity index (χ2n) is 8.22. The third-order valence-electron chi connectivity index (χ3n) is 6.22. The number of fused-ring (bicyclic) bond motifs is 1. The molecule has 0 radical (unpaired) electrons. The van der Waals surface area contributed by atoms with Gasteiger partial charge in [-0.3, -0.25) is 14.8 Å². The van der Waals surface area contributed by atoms with Crippen LogP contribution in [0.15, 0.2) is 60.8 Å². The predicted molar refractivity (Wildman–Crippen MR) is 125 cm³/mol. The molecule has 164 valence electrons. The highest BCUT2D eigenvalue weighted by Gasteiger charge is 2.24. The standard InChI is InChI=1S/C25H27N5O2/c1-28-16-18(19-7-3-5-9-23(19)28)17-29-11-13-30(14-12-29)25(31)22-15-21(26-27-22)20-8-4-6-10-24(20)32-2/h3-10,15-16H,11-14,17H2,1-2H3,(H,26,27). The lowest BCUT2D eigenvalue weighted by Gasteiger charge is -2.34. The second-order valence-corrected chi connectivity index (χ2v) is 8.22. The van der Waals surface area contributed by atoms with Crippen molar-refractivity contribution in [2.75, 3.05) is 33.3 Å². The lowest BCUT2D eigenvalue weighted by Crippen LogP contribution is -2.48. The van der Waals surface area contributed by atoms with Crippen LogP contribution in [0.3, 0.4) is 0 Å². The van der Waals surface area contributed by atoms with Gasteiger partial charge in [0.25, 0.3) is 5.91 Å². The number of amides is 1. The first kappa shape index (κ1) is 20.3. The number of hydrogen-bond donors (Lipinski definition) is 1. The zero-order valence-corrected chi connectivity index (χ0v) is 18.4. The highest BCUT2D eigenvalue weighted by Crippen LogP contribution is 2.28. The van der Waals surface area contributed by atoms with E-state index in [2.05, 4.69) is 57.2 Å². The number of rotatable bonds is 5. The number of H-pyrrole nitrogens is 1. The van der Waals surface area contributed by atoms with E-state index < -0.39 is 0 Å². The van der Waals surface area contributed by atoms with E-state index in [1.54, 1.807) is 7.11 Å². The van der Waals surface area contributed by atoms with Crippen LogP contribution in [-0.4, -0.2) is 63.8 Å². The van der Waals surface area contributed by atoms with Gasteiger partial charge in [-0.15, -0.1) is 0 Å². The minimum absolute atomic E-state index is 0.0107. The van der Waals surface area contributed by atoms with Crippen LogP contribution in [0, 0.1) is 0 Å². The molecule has 1 amide bonds. The molecule has 7 heteroatoms. The quantitative estimate of drug-likeness (QED) is 0.527. The Morgan fingerprint density at radius 3 is 2.62 bits per heavy atom. The summed E-state index contributed by atoms with van der Waals surface area (Å²) in [5.41, 5.74) is 4.67.